The lowest BCUT2D eigenvalue weighted by molar-refractivity contribution is -0.142. The number of hydrogen-bond acceptors (Lipinski definition) is 5. The molecule has 0 radical (unpaired) electrons. The maximum atomic E-state index is 12.3. The van der Waals surface area contributed by atoms with Crippen LogP contribution in [0.1, 0.15) is 76.8 Å². The van der Waals surface area contributed by atoms with Gasteiger partial charge in [0, 0.05) is 0 Å². The van der Waals surface area contributed by atoms with Crippen molar-refractivity contribution in [2.24, 2.45) is 33.7 Å². The molecule has 0 aliphatic heterocycles. The van der Waals surface area contributed by atoms with E-state index in [-0.39, 0.29) is 23.5 Å². The largest absolute Gasteiger partial charge is 0.479 e. The Hall–Kier alpha value is -2.67. The van der Waals surface area contributed by atoms with Crippen molar-refractivity contribution < 1.29 is 24.6 Å². The first-order chi connectivity index (χ1) is 17.2. The number of aliphatic hydroxyl groups is 1. The number of carboxylic acid groups (broad SMARTS) is 1. The molecule has 3 fully saturated rings. The van der Waals surface area contributed by atoms with Crippen molar-refractivity contribution in [3.8, 4) is 0 Å². The zero-order valence-electron chi connectivity index (χ0n) is 21.3. The van der Waals surface area contributed by atoms with Crippen molar-refractivity contribution in [3.05, 3.63) is 47.5 Å². The quantitative estimate of drug-likeness (QED) is 0.500. The zero-order chi connectivity index (χ0) is 25.5. The van der Waals surface area contributed by atoms with Gasteiger partial charge in [0.15, 0.2) is 12.6 Å². The molecule has 0 aromatic heterocycles. The normalized spacial score (nSPS) is 37.2. The van der Waals surface area contributed by atoms with Crippen molar-refractivity contribution in [1.82, 2.24) is 5.32 Å². The number of aliphatic hydroxyl groups excluding tert-OH is 1. The highest BCUT2D eigenvalue weighted by molar-refractivity contribution is 5.96. The molecule has 1 aromatic rings. The maximum Gasteiger partial charge on any atom is 0.330 e. The van der Waals surface area contributed by atoms with E-state index in [2.05, 4.69) is 30.4 Å². The molecule has 3 saturated carbocycles. The summed E-state index contributed by atoms with van der Waals surface area (Å²) in [5.74, 6) is 0.330. The second-order valence-electron chi connectivity index (χ2n) is 11.7. The van der Waals surface area contributed by atoms with E-state index in [1.807, 2.05) is 0 Å². The smallest absolute Gasteiger partial charge is 0.330 e. The second-order valence-corrected chi connectivity index (χ2v) is 11.7. The number of amides is 1. The van der Waals surface area contributed by atoms with Gasteiger partial charge in [-0.05, 0) is 91.6 Å². The van der Waals surface area contributed by atoms with Gasteiger partial charge in [0.1, 0.15) is 0 Å². The summed E-state index contributed by atoms with van der Waals surface area (Å²) in [7, 11) is 0. The number of benzene rings is 1. The van der Waals surface area contributed by atoms with Crippen LogP contribution in [-0.4, -0.2) is 40.5 Å². The van der Waals surface area contributed by atoms with Crippen molar-refractivity contribution in [2.45, 2.75) is 77.4 Å². The van der Waals surface area contributed by atoms with Crippen LogP contribution < -0.4 is 5.32 Å². The van der Waals surface area contributed by atoms with Gasteiger partial charge < -0.3 is 20.4 Å². The van der Waals surface area contributed by atoms with E-state index < -0.39 is 17.9 Å². The number of carboxylic acids is 1. The Morgan fingerprint density at radius 1 is 1.08 bits per heavy atom. The number of oxime groups is 1. The summed E-state index contributed by atoms with van der Waals surface area (Å²) in [5.41, 5.74) is 3.06. The Kier molecular flexibility index (Phi) is 6.70. The van der Waals surface area contributed by atoms with E-state index >= 15 is 0 Å². The van der Waals surface area contributed by atoms with Crippen molar-refractivity contribution in [2.75, 3.05) is 6.61 Å². The summed E-state index contributed by atoms with van der Waals surface area (Å²) in [6.07, 6.45) is 10.5. The second kappa shape index (κ2) is 9.66. The van der Waals surface area contributed by atoms with Gasteiger partial charge in [0.2, 0.25) is 0 Å². The Balaban J connectivity index is 1.21. The lowest BCUT2D eigenvalue weighted by atomic mass is 9.47. The average molecular weight is 495 g/mol. The van der Waals surface area contributed by atoms with Crippen molar-refractivity contribution in [3.63, 3.8) is 0 Å². The van der Waals surface area contributed by atoms with Crippen LogP contribution in [0, 0.1) is 28.6 Å². The number of aliphatic carboxylic acids is 1. The predicted molar refractivity (Wildman–Crippen MR) is 136 cm³/mol. The van der Waals surface area contributed by atoms with Gasteiger partial charge in [-0.3, -0.25) is 4.79 Å². The molecule has 4 aliphatic carbocycles. The summed E-state index contributed by atoms with van der Waals surface area (Å²) >= 11 is 0. The molecule has 0 bridgehead atoms. The Labute approximate surface area is 213 Å². The highest BCUT2D eigenvalue weighted by Gasteiger charge is 2.58. The molecule has 36 heavy (non-hydrogen) atoms. The molecule has 5 rings (SSSR count). The number of fused-ring (bicyclic) bond motifs is 5. The van der Waals surface area contributed by atoms with E-state index in [0.717, 1.165) is 44.2 Å². The fraction of sp³-hybridized carbons (Fsp3) is 0.621. The molecule has 7 atom stereocenters. The van der Waals surface area contributed by atoms with E-state index in [9.17, 15) is 19.8 Å². The first-order valence-corrected chi connectivity index (χ1v) is 13.4. The van der Waals surface area contributed by atoms with Gasteiger partial charge in [-0.2, -0.15) is 0 Å². The van der Waals surface area contributed by atoms with Crippen LogP contribution in [0.4, 0.5) is 0 Å². The lowest BCUT2D eigenvalue weighted by Crippen LogP contribution is -2.51. The van der Waals surface area contributed by atoms with E-state index in [1.165, 1.54) is 18.4 Å². The third-order valence-corrected chi connectivity index (χ3v) is 9.99. The molecule has 0 heterocycles. The lowest BCUT2D eigenvalue weighted by Gasteiger charge is -2.57. The van der Waals surface area contributed by atoms with Crippen LogP contribution >= 0.6 is 0 Å². The molecule has 0 saturated heterocycles. The third kappa shape index (κ3) is 4.36. The first-order valence-electron chi connectivity index (χ1n) is 13.4. The summed E-state index contributed by atoms with van der Waals surface area (Å²) in [5, 5.41) is 26.9. The Morgan fingerprint density at radius 3 is 2.61 bits per heavy atom. The first kappa shape index (κ1) is 25.0. The fourth-order valence-electron chi connectivity index (χ4n) is 7.93. The number of rotatable bonds is 6. The molecule has 3 N–H and O–H groups in total. The van der Waals surface area contributed by atoms with Gasteiger partial charge in [0.05, 0.1) is 11.8 Å². The number of carbonyl (C=O) groups excluding carboxylic acids is 1. The minimum atomic E-state index is -1.12. The van der Waals surface area contributed by atoms with E-state index in [0.29, 0.717) is 23.3 Å². The van der Waals surface area contributed by atoms with Crippen LogP contribution in [0.5, 0.6) is 0 Å². The van der Waals surface area contributed by atoms with Crippen molar-refractivity contribution >= 4 is 17.6 Å². The molecule has 0 unspecified atom stereocenters. The van der Waals surface area contributed by atoms with Crippen LogP contribution in [0.15, 0.2) is 47.1 Å². The van der Waals surface area contributed by atoms with E-state index in [4.69, 9.17) is 4.84 Å². The average Bonchev–Trinajstić information content (AvgIpc) is 3.17. The van der Waals surface area contributed by atoms with Gasteiger partial charge in [-0.1, -0.05) is 54.9 Å². The number of hydrogen-bond donors (Lipinski definition) is 3. The van der Waals surface area contributed by atoms with Crippen LogP contribution in [-0.2, 0) is 14.4 Å². The standard InChI is InChI=1S/C29H38N2O5/c1-28-14-12-20(31-36-17-25(33)30-26(27(34)35)18-6-4-3-5-7-18)16-19(28)8-9-21-22-10-11-24(32)29(22,2)15-13-23(21)28/h3-7,16,21-24,26,32H,8-15,17H2,1-2H3,(H,30,33)(H,34,35)/t21-,22+,23-,24-,26+,28+,29+/m1/s1. The number of nitrogens with one attached hydrogen (secondary N) is 1. The summed E-state index contributed by atoms with van der Waals surface area (Å²) in [6.45, 7) is 4.41. The summed E-state index contributed by atoms with van der Waals surface area (Å²) in [4.78, 5) is 29.3. The third-order valence-electron chi connectivity index (χ3n) is 9.99. The number of nitrogens with zero attached hydrogens (tertiary/aromatic N) is 1. The van der Waals surface area contributed by atoms with Gasteiger partial charge >= 0.3 is 5.97 Å². The van der Waals surface area contributed by atoms with Gasteiger partial charge in [-0.15, -0.1) is 0 Å². The van der Waals surface area contributed by atoms with Crippen molar-refractivity contribution in [1.29, 1.82) is 0 Å². The minimum absolute atomic E-state index is 0.0919. The number of allylic oxidation sites excluding steroid dienone is 2. The monoisotopic (exact) mass is 494 g/mol. The topological polar surface area (TPSA) is 108 Å². The molecule has 1 amide bonds. The maximum absolute atomic E-state index is 12.3. The Bertz CT molecular complexity index is 1070. The molecule has 0 spiro atoms. The van der Waals surface area contributed by atoms with Crippen LogP contribution in [0.2, 0.25) is 0 Å². The fourth-order valence-corrected chi connectivity index (χ4v) is 7.93. The van der Waals surface area contributed by atoms with E-state index in [1.54, 1.807) is 30.3 Å². The summed E-state index contributed by atoms with van der Waals surface area (Å²) in [6, 6.07) is 7.48. The summed E-state index contributed by atoms with van der Waals surface area (Å²) < 4.78 is 0. The molecular formula is C29H38N2O5. The van der Waals surface area contributed by atoms with Crippen LogP contribution in [0.3, 0.4) is 0 Å². The van der Waals surface area contributed by atoms with Gasteiger partial charge in [-0.25, -0.2) is 4.79 Å². The highest BCUT2D eigenvalue weighted by atomic mass is 16.6. The predicted octanol–water partition coefficient (Wildman–Crippen LogP) is 4.62. The SMILES string of the molecule is C[C@]12CC[C@@H]3[C@H](CCC4=CC(=NOCC(=O)N[C@H](C(=O)O)c5ccccc5)CC[C@@]43C)[C@@H]1CC[C@H]2O. The molecule has 7 nitrogen and oxygen atoms in total. The van der Waals surface area contributed by atoms with Crippen LogP contribution in [0.25, 0.3) is 0 Å². The molecular weight excluding hydrogens is 456 g/mol. The number of carbonyl (C=O) groups is 2. The molecule has 194 valence electrons. The molecule has 1 aromatic carbocycles. The van der Waals surface area contributed by atoms with Gasteiger partial charge in [0.25, 0.3) is 5.91 Å². The zero-order valence-corrected chi connectivity index (χ0v) is 21.3. The molecule has 4 aliphatic rings. The molecule has 7 heteroatoms. The minimum Gasteiger partial charge on any atom is -0.479 e. The highest BCUT2D eigenvalue weighted by Crippen LogP contribution is 2.65. The Morgan fingerprint density at radius 2 is 1.86 bits per heavy atom.